The minimum Gasteiger partial charge on any atom is -0.362 e. The molecule has 3 rings (SSSR count). The van der Waals surface area contributed by atoms with Crippen LogP contribution in [0.25, 0.3) is 0 Å². The van der Waals surface area contributed by atoms with E-state index in [0.29, 0.717) is 11.8 Å². The molecule has 33 heavy (non-hydrogen) atoms. The van der Waals surface area contributed by atoms with Crippen LogP contribution in [0.2, 0.25) is 0 Å². The van der Waals surface area contributed by atoms with Crippen LogP contribution in [-0.4, -0.2) is 47.9 Å². The largest absolute Gasteiger partial charge is 0.416 e. The molecule has 12 heteroatoms. The molecule has 0 atom stereocenters. The maximum Gasteiger partial charge on any atom is 0.416 e. The van der Waals surface area contributed by atoms with Crippen molar-refractivity contribution in [1.82, 2.24) is 10.2 Å². The number of anilines is 2. The molecule has 1 heterocycles. The SMILES string of the molecule is CC(=O)Nc1cccc(CNC(=O)N2CCN(c3ccc(C(F)(F)F)cc3[N+](=O)[O-])CC2)c1. The van der Waals surface area contributed by atoms with E-state index in [0.717, 1.165) is 17.7 Å². The van der Waals surface area contributed by atoms with Gasteiger partial charge in [-0.15, -0.1) is 0 Å². The second kappa shape index (κ2) is 9.76. The third-order valence-electron chi connectivity index (χ3n) is 5.10. The molecule has 9 nitrogen and oxygen atoms in total. The van der Waals surface area contributed by atoms with E-state index in [1.165, 1.54) is 11.8 Å². The fourth-order valence-electron chi connectivity index (χ4n) is 3.52. The van der Waals surface area contributed by atoms with Gasteiger partial charge >= 0.3 is 12.2 Å². The molecule has 2 aromatic carbocycles. The van der Waals surface area contributed by atoms with E-state index in [4.69, 9.17) is 0 Å². The van der Waals surface area contributed by atoms with Crippen LogP contribution < -0.4 is 15.5 Å². The van der Waals surface area contributed by atoms with Gasteiger partial charge in [0.1, 0.15) is 5.69 Å². The Kier molecular flexibility index (Phi) is 7.04. The molecular formula is C21H22F3N5O4. The Morgan fingerprint density at radius 3 is 2.39 bits per heavy atom. The number of hydrogen-bond acceptors (Lipinski definition) is 5. The van der Waals surface area contributed by atoms with Crippen LogP contribution in [0.3, 0.4) is 0 Å². The lowest BCUT2D eigenvalue weighted by Crippen LogP contribution is -2.51. The van der Waals surface area contributed by atoms with Gasteiger partial charge in [0.05, 0.1) is 10.5 Å². The molecule has 0 saturated carbocycles. The summed E-state index contributed by atoms with van der Waals surface area (Å²) in [5.74, 6) is -0.206. The van der Waals surface area contributed by atoms with E-state index in [-0.39, 0.29) is 50.3 Å². The van der Waals surface area contributed by atoms with Crippen LogP contribution in [0.1, 0.15) is 18.1 Å². The van der Waals surface area contributed by atoms with E-state index in [1.54, 1.807) is 29.2 Å². The van der Waals surface area contributed by atoms with Crippen molar-refractivity contribution < 1.29 is 27.7 Å². The molecule has 2 N–H and O–H groups in total. The Bertz CT molecular complexity index is 1050. The first-order valence-corrected chi connectivity index (χ1v) is 10.0. The summed E-state index contributed by atoms with van der Waals surface area (Å²) in [4.78, 5) is 37.3. The van der Waals surface area contributed by atoms with Crippen molar-refractivity contribution in [3.63, 3.8) is 0 Å². The summed E-state index contributed by atoms with van der Waals surface area (Å²) in [6.07, 6.45) is -4.68. The summed E-state index contributed by atoms with van der Waals surface area (Å²) in [6, 6.07) is 9.13. The smallest absolute Gasteiger partial charge is 0.362 e. The van der Waals surface area contributed by atoms with E-state index in [2.05, 4.69) is 10.6 Å². The van der Waals surface area contributed by atoms with Crippen molar-refractivity contribution in [3.8, 4) is 0 Å². The van der Waals surface area contributed by atoms with Crippen molar-refractivity contribution in [2.24, 2.45) is 0 Å². The normalized spacial score (nSPS) is 14.1. The van der Waals surface area contributed by atoms with Crippen LogP contribution in [-0.2, 0) is 17.5 Å². The number of hydrogen-bond donors (Lipinski definition) is 2. The van der Waals surface area contributed by atoms with Gasteiger partial charge in [0.2, 0.25) is 5.91 Å². The first kappa shape index (κ1) is 23.8. The Morgan fingerprint density at radius 1 is 1.09 bits per heavy atom. The molecule has 3 amide bonds. The topological polar surface area (TPSA) is 108 Å². The van der Waals surface area contributed by atoms with Crippen molar-refractivity contribution in [2.75, 3.05) is 36.4 Å². The lowest BCUT2D eigenvalue weighted by Gasteiger charge is -2.35. The van der Waals surface area contributed by atoms with E-state index in [9.17, 15) is 32.9 Å². The quantitative estimate of drug-likeness (QED) is 0.518. The number of nitro groups is 1. The summed E-state index contributed by atoms with van der Waals surface area (Å²) in [6.45, 7) is 2.59. The number of benzene rings is 2. The monoisotopic (exact) mass is 465 g/mol. The number of halogens is 3. The lowest BCUT2D eigenvalue weighted by atomic mass is 10.1. The summed E-state index contributed by atoms with van der Waals surface area (Å²) >= 11 is 0. The molecule has 1 saturated heterocycles. The number of rotatable bonds is 5. The molecule has 0 aromatic heterocycles. The Labute approximate surface area is 187 Å². The van der Waals surface area contributed by atoms with Gasteiger partial charge in [0, 0.05) is 51.4 Å². The molecule has 0 radical (unpaired) electrons. The zero-order valence-electron chi connectivity index (χ0n) is 17.7. The van der Waals surface area contributed by atoms with Gasteiger partial charge in [0.25, 0.3) is 5.69 Å². The van der Waals surface area contributed by atoms with Crippen LogP contribution in [0.15, 0.2) is 42.5 Å². The number of urea groups is 1. The molecule has 1 aliphatic rings. The van der Waals surface area contributed by atoms with E-state index >= 15 is 0 Å². The Hall–Kier alpha value is -3.83. The number of carbonyl (C=O) groups is 2. The Morgan fingerprint density at radius 2 is 1.79 bits per heavy atom. The third-order valence-corrected chi connectivity index (χ3v) is 5.10. The molecule has 0 bridgehead atoms. The standard InChI is InChI=1S/C21H22F3N5O4/c1-14(30)26-17-4-2-3-15(11-17)13-25-20(31)28-9-7-27(8-10-28)18-6-5-16(21(22,23)24)12-19(18)29(32)33/h2-6,11-12H,7-10,13H2,1H3,(H,25,31)(H,26,30). The molecule has 0 spiro atoms. The van der Waals surface area contributed by atoms with Gasteiger partial charge in [-0.1, -0.05) is 12.1 Å². The fourth-order valence-corrected chi connectivity index (χ4v) is 3.52. The number of nitro benzene ring substituents is 1. The molecule has 1 fully saturated rings. The number of amides is 3. The zero-order valence-corrected chi connectivity index (χ0v) is 17.7. The first-order valence-electron chi connectivity index (χ1n) is 10.0. The maximum absolute atomic E-state index is 12.9. The second-order valence-corrected chi connectivity index (χ2v) is 7.47. The van der Waals surface area contributed by atoms with Crippen molar-refractivity contribution in [3.05, 3.63) is 63.7 Å². The van der Waals surface area contributed by atoms with Crippen molar-refractivity contribution >= 4 is 29.0 Å². The van der Waals surface area contributed by atoms with Crippen LogP contribution in [0.4, 0.5) is 35.0 Å². The van der Waals surface area contributed by atoms with Gasteiger partial charge < -0.3 is 20.4 Å². The van der Waals surface area contributed by atoms with E-state index < -0.39 is 22.4 Å². The highest BCUT2D eigenvalue weighted by Crippen LogP contribution is 2.36. The van der Waals surface area contributed by atoms with Gasteiger partial charge in [-0.3, -0.25) is 14.9 Å². The fraction of sp³-hybridized carbons (Fsp3) is 0.333. The highest BCUT2D eigenvalue weighted by atomic mass is 19.4. The lowest BCUT2D eigenvalue weighted by molar-refractivity contribution is -0.384. The van der Waals surface area contributed by atoms with Crippen molar-refractivity contribution in [1.29, 1.82) is 0 Å². The molecule has 176 valence electrons. The second-order valence-electron chi connectivity index (χ2n) is 7.47. The minimum absolute atomic E-state index is 0.0860. The van der Waals surface area contributed by atoms with Gasteiger partial charge in [0.15, 0.2) is 0 Å². The number of piperazine rings is 1. The van der Waals surface area contributed by atoms with E-state index in [1.807, 2.05) is 0 Å². The predicted octanol–water partition coefficient (Wildman–Crippen LogP) is 3.60. The van der Waals surface area contributed by atoms with Crippen molar-refractivity contribution in [2.45, 2.75) is 19.6 Å². The number of nitrogens with one attached hydrogen (secondary N) is 2. The minimum atomic E-state index is -4.68. The predicted molar refractivity (Wildman–Crippen MR) is 115 cm³/mol. The maximum atomic E-state index is 12.9. The summed E-state index contributed by atoms with van der Waals surface area (Å²) < 4.78 is 38.7. The number of nitrogens with zero attached hydrogens (tertiary/aromatic N) is 3. The van der Waals surface area contributed by atoms with Crippen LogP contribution >= 0.6 is 0 Å². The molecule has 0 aliphatic carbocycles. The molecular weight excluding hydrogens is 443 g/mol. The van der Waals surface area contributed by atoms with Gasteiger partial charge in [-0.05, 0) is 29.8 Å². The Balaban J connectivity index is 1.59. The molecule has 2 aromatic rings. The average molecular weight is 465 g/mol. The first-order chi connectivity index (χ1) is 15.5. The summed E-state index contributed by atoms with van der Waals surface area (Å²) in [7, 11) is 0. The summed E-state index contributed by atoms with van der Waals surface area (Å²) in [5, 5.41) is 16.8. The summed E-state index contributed by atoms with van der Waals surface area (Å²) in [5.41, 5.74) is -0.224. The van der Waals surface area contributed by atoms with Crippen LogP contribution in [0, 0.1) is 10.1 Å². The number of carbonyl (C=O) groups excluding carboxylic acids is 2. The van der Waals surface area contributed by atoms with Crippen LogP contribution in [0.5, 0.6) is 0 Å². The van der Waals surface area contributed by atoms with Gasteiger partial charge in [-0.2, -0.15) is 13.2 Å². The average Bonchev–Trinajstić information content (AvgIpc) is 2.76. The molecule has 1 aliphatic heterocycles. The highest BCUT2D eigenvalue weighted by Gasteiger charge is 2.34. The van der Waals surface area contributed by atoms with Gasteiger partial charge in [-0.25, -0.2) is 4.79 Å². The number of alkyl halides is 3. The third kappa shape index (κ3) is 6.11. The molecule has 0 unspecified atom stereocenters. The highest BCUT2D eigenvalue weighted by molar-refractivity contribution is 5.88. The zero-order chi connectivity index (χ0) is 24.2.